The van der Waals surface area contributed by atoms with Gasteiger partial charge in [-0.15, -0.1) is 0 Å². The Kier molecular flexibility index (Phi) is 3.38. The summed E-state index contributed by atoms with van der Waals surface area (Å²) in [7, 11) is 0. The quantitative estimate of drug-likeness (QED) is 0.617. The number of morpholine rings is 1. The highest BCUT2D eigenvalue weighted by Crippen LogP contribution is 2.35. The van der Waals surface area contributed by atoms with Crippen molar-refractivity contribution in [2.24, 2.45) is 0 Å². The number of nitriles is 1. The molecule has 2 heterocycles. The van der Waals surface area contributed by atoms with Crippen LogP contribution in [-0.4, -0.2) is 35.7 Å². The van der Waals surface area contributed by atoms with Crippen molar-refractivity contribution in [1.82, 2.24) is 4.98 Å². The second-order valence-corrected chi connectivity index (χ2v) is 4.70. The number of rotatable bonds is 2. The number of hydrogen-bond donors (Lipinski definition) is 0. The van der Waals surface area contributed by atoms with Crippen LogP contribution in [0.15, 0.2) is 30.5 Å². The maximum atomic E-state index is 11.3. The van der Waals surface area contributed by atoms with E-state index in [1.54, 1.807) is 0 Å². The van der Waals surface area contributed by atoms with E-state index < -0.39 is 11.0 Å². The molecule has 0 aliphatic carbocycles. The summed E-state index contributed by atoms with van der Waals surface area (Å²) in [6.07, 6.45) is 0.694. The highest BCUT2D eigenvalue weighted by Gasteiger charge is 2.28. The summed E-state index contributed by atoms with van der Waals surface area (Å²) < 4.78 is 5.30. The third-order valence-corrected chi connectivity index (χ3v) is 3.45. The number of fused-ring (bicyclic) bond motifs is 1. The van der Waals surface area contributed by atoms with Gasteiger partial charge in [0.1, 0.15) is 11.9 Å². The molecule has 3 rings (SSSR count). The monoisotopic (exact) mass is 284 g/mol. The summed E-state index contributed by atoms with van der Waals surface area (Å²) in [5.41, 5.74) is 1.15. The Morgan fingerprint density at radius 1 is 1.48 bits per heavy atom. The zero-order valence-corrected chi connectivity index (χ0v) is 11.1. The summed E-state index contributed by atoms with van der Waals surface area (Å²) in [5.74, 6) is 0. The Morgan fingerprint density at radius 2 is 2.29 bits per heavy atom. The second kappa shape index (κ2) is 5.34. The van der Waals surface area contributed by atoms with E-state index in [9.17, 15) is 10.1 Å². The standard InChI is InChI=1S/C14H12N4O3/c15-7-10-9-17(5-6-21-10)14-11-3-1-2-4-12(11)16-8-13(14)18(19)20/h1-4,8,10H,5-6,9H2. The lowest BCUT2D eigenvalue weighted by Crippen LogP contribution is -2.42. The smallest absolute Gasteiger partial charge is 0.311 e. The van der Waals surface area contributed by atoms with Crippen LogP contribution in [0.4, 0.5) is 11.4 Å². The largest absolute Gasteiger partial charge is 0.360 e. The van der Waals surface area contributed by atoms with Gasteiger partial charge in [0.2, 0.25) is 0 Å². The van der Waals surface area contributed by atoms with E-state index in [4.69, 9.17) is 10.00 Å². The topological polar surface area (TPSA) is 92.3 Å². The van der Waals surface area contributed by atoms with Crippen molar-refractivity contribution in [2.45, 2.75) is 6.10 Å². The van der Waals surface area contributed by atoms with E-state index >= 15 is 0 Å². The molecule has 1 saturated heterocycles. The fourth-order valence-corrected chi connectivity index (χ4v) is 2.51. The zero-order chi connectivity index (χ0) is 14.8. The molecule has 1 aliphatic heterocycles. The summed E-state index contributed by atoms with van der Waals surface area (Å²) in [4.78, 5) is 16.8. The third-order valence-electron chi connectivity index (χ3n) is 3.45. The highest BCUT2D eigenvalue weighted by atomic mass is 16.6. The van der Waals surface area contributed by atoms with Gasteiger partial charge in [0, 0.05) is 11.9 Å². The minimum atomic E-state index is -0.578. The lowest BCUT2D eigenvalue weighted by molar-refractivity contribution is -0.384. The first-order valence-electron chi connectivity index (χ1n) is 6.49. The van der Waals surface area contributed by atoms with Crippen molar-refractivity contribution in [3.63, 3.8) is 0 Å². The van der Waals surface area contributed by atoms with Gasteiger partial charge in [0.05, 0.1) is 29.7 Å². The van der Waals surface area contributed by atoms with Gasteiger partial charge in [-0.05, 0) is 6.07 Å². The minimum absolute atomic E-state index is 0.0488. The van der Waals surface area contributed by atoms with E-state index in [0.29, 0.717) is 36.3 Å². The molecule has 0 saturated carbocycles. The first kappa shape index (κ1) is 13.3. The highest BCUT2D eigenvalue weighted by molar-refractivity contribution is 5.96. The third kappa shape index (κ3) is 2.37. The molecule has 21 heavy (non-hydrogen) atoms. The van der Waals surface area contributed by atoms with Gasteiger partial charge in [0.25, 0.3) is 0 Å². The number of hydrogen-bond acceptors (Lipinski definition) is 6. The molecule has 0 bridgehead atoms. The Balaban J connectivity index is 2.16. The van der Waals surface area contributed by atoms with Crippen LogP contribution in [0.25, 0.3) is 10.9 Å². The molecular weight excluding hydrogens is 272 g/mol. The van der Waals surface area contributed by atoms with Gasteiger partial charge in [-0.1, -0.05) is 18.2 Å². The maximum absolute atomic E-state index is 11.3. The van der Waals surface area contributed by atoms with Crippen molar-refractivity contribution in [3.05, 3.63) is 40.6 Å². The molecule has 7 nitrogen and oxygen atoms in total. The normalized spacial score (nSPS) is 18.4. The lowest BCUT2D eigenvalue weighted by atomic mass is 10.1. The average molecular weight is 284 g/mol. The molecule has 1 aromatic heterocycles. The Bertz CT molecular complexity index is 741. The van der Waals surface area contributed by atoms with Crippen LogP contribution < -0.4 is 4.90 Å². The second-order valence-electron chi connectivity index (χ2n) is 4.70. The van der Waals surface area contributed by atoms with Crippen LogP contribution in [0.3, 0.4) is 0 Å². The van der Waals surface area contributed by atoms with E-state index in [1.165, 1.54) is 6.20 Å². The van der Waals surface area contributed by atoms with E-state index in [0.717, 1.165) is 0 Å². The molecule has 2 aromatic rings. The number of nitro groups is 1. The van der Waals surface area contributed by atoms with Crippen LogP contribution in [0.2, 0.25) is 0 Å². The molecule has 0 spiro atoms. The Morgan fingerprint density at radius 3 is 3.05 bits per heavy atom. The van der Waals surface area contributed by atoms with Gasteiger partial charge < -0.3 is 9.64 Å². The van der Waals surface area contributed by atoms with Crippen LogP contribution >= 0.6 is 0 Å². The van der Waals surface area contributed by atoms with Crippen molar-refractivity contribution >= 4 is 22.3 Å². The molecule has 0 N–H and O–H groups in total. The predicted molar refractivity (Wildman–Crippen MR) is 76.0 cm³/mol. The molecule has 0 amide bonds. The Labute approximate surface area is 120 Å². The van der Waals surface area contributed by atoms with E-state index in [2.05, 4.69) is 11.1 Å². The molecule has 1 unspecified atom stereocenters. The first-order valence-corrected chi connectivity index (χ1v) is 6.49. The first-order chi connectivity index (χ1) is 10.2. The SMILES string of the molecule is N#CC1CN(c2c([N+](=O)[O-])cnc3ccccc23)CCO1. The van der Waals surface area contributed by atoms with Crippen LogP contribution in [-0.2, 0) is 4.74 Å². The number of ether oxygens (including phenoxy) is 1. The van der Waals surface area contributed by atoms with Gasteiger partial charge in [-0.2, -0.15) is 5.26 Å². The number of pyridine rings is 1. The van der Waals surface area contributed by atoms with Crippen molar-refractivity contribution in [3.8, 4) is 6.07 Å². The summed E-state index contributed by atoms with van der Waals surface area (Å²) in [5, 5.41) is 21.0. The lowest BCUT2D eigenvalue weighted by Gasteiger charge is -2.31. The van der Waals surface area contributed by atoms with E-state index in [-0.39, 0.29) is 5.69 Å². The number of benzene rings is 1. The summed E-state index contributed by atoms with van der Waals surface area (Å²) >= 11 is 0. The van der Waals surface area contributed by atoms with Gasteiger partial charge in [0.15, 0.2) is 6.10 Å². The maximum Gasteiger partial charge on any atom is 0.311 e. The molecule has 106 valence electrons. The molecule has 7 heteroatoms. The van der Waals surface area contributed by atoms with Crippen LogP contribution in [0.1, 0.15) is 0 Å². The van der Waals surface area contributed by atoms with Crippen molar-refractivity contribution < 1.29 is 9.66 Å². The number of aromatic nitrogens is 1. The fraction of sp³-hybridized carbons (Fsp3) is 0.286. The molecule has 1 fully saturated rings. The molecule has 1 atom stereocenters. The molecule has 1 aromatic carbocycles. The van der Waals surface area contributed by atoms with Gasteiger partial charge >= 0.3 is 5.69 Å². The predicted octanol–water partition coefficient (Wildman–Crippen LogP) is 1.87. The van der Waals surface area contributed by atoms with Crippen molar-refractivity contribution in [2.75, 3.05) is 24.6 Å². The number of nitrogens with zero attached hydrogens (tertiary/aromatic N) is 4. The molecule has 1 aliphatic rings. The van der Waals surface area contributed by atoms with Gasteiger partial charge in [-0.25, -0.2) is 4.98 Å². The molecular formula is C14H12N4O3. The Hall–Kier alpha value is -2.72. The number of anilines is 1. The van der Waals surface area contributed by atoms with Crippen LogP contribution in [0, 0.1) is 21.4 Å². The van der Waals surface area contributed by atoms with Gasteiger partial charge in [-0.3, -0.25) is 10.1 Å². The zero-order valence-electron chi connectivity index (χ0n) is 11.1. The summed E-state index contributed by atoms with van der Waals surface area (Å²) in [6.45, 7) is 1.18. The summed E-state index contributed by atoms with van der Waals surface area (Å²) in [6, 6.07) is 9.32. The average Bonchev–Trinajstić information content (AvgIpc) is 2.53. The minimum Gasteiger partial charge on any atom is -0.360 e. The van der Waals surface area contributed by atoms with Crippen LogP contribution in [0.5, 0.6) is 0 Å². The van der Waals surface area contributed by atoms with E-state index in [1.807, 2.05) is 29.2 Å². The van der Waals surface area contributed by atoms with Crippen molar-refractivity contribution in [1.29, 1.82) is 5.26 Å². The number of para-hydroxylation sites is 1. The molecule has 0 radical (unpaired) electrons. The fourth-order valence-electron chi connectivity index (χ4n) is 2.51.